The van der Waals surface area contributed by atoms with Gasteiger partial charge in [0.1, 0.15) is 29.5 Å². The van der Waals surface area contributed by atoms with Crippen molar-refractivity contribution in [3.63, 3.8) is 0 Å². The van der Waals surface area contributed by atoms with Gasteiger partial charge in [0.2, 0.25) is 0 Å². The summed E-state index contributed by atoms with van der Waals surface area (Å²) in [4.78, 5) is 27.0. The van der Waals surface area contributed by atoms with E-state index < -0.39 is 8.32 Å². The molecule has 7 nitrogen and oxygen atoms in total. The first-order valence-corrected chi connectivity index (χ1v) is 19.6. The predicted molar refractivity (Wildman–Crippen MR) is 194 cm³/mol. The lowest BCUT2D eigenvalue weighted by Gasteiger charge is -2.36. The van der Waals surface area contributed by atoms with E-state index in [9.17, 15) is 14.0 Å². The Labute approximate surface area is 288 Å². The lowest BCUT2D eigenvalue weighted by Crippen LogP contribution is -2.41. The zero-order valence-electron chi connectivity index (χ0n) is 28.9. The largest absolute Gasteiger partial charge is 0.491 e. The molecule has 1 saturated carbocycles. The fourth-order valence-electron chi connectivity index (χ4n) is 5.77. The fourth-order valence-corrected chi connectivity index (χ4v) is 6.79. The highest BCUT2D eigenvalue weighted by atomic mass is 28.4. The molecule has 1 aliphatic carbocycles. The average molecular weight is 679 g/mol. The monoisotopic (exact) mass is 678 g/mol. The van der Waals surface area contributed by atoms with E-state index in [0.29, 0.717) is 57.9 Å². The number of hydrogen-bond acceptors (Lipinski definition) is 5. The van der Waals surface area contributed by atoms with Crippen LogP contribution in [0.5, 0.6) is 5.75 Å². The van der Waals surface area contributed by atoms with Gasteiger partial charge in [-0.3, -0.25) is 9.59 Å². The maximum Gasteiger partial charge on any atom is 0.255 e. The Balaban J connectivity index is 1.38. The van der Waals surface area contributed by atoms with Gasteiger partial charge in [0.05, 0.1) is 17.7 Å². The SMILES string of the molecule is CNC(=O)c1c(-c2ccc(F)cc2)oc2ccc(-c3cc(C(=O)NC4(c5ccccc5)CC4)ccc3OCCO[Si](C)(C)C(C)(C)C)cc12. The van der Waals surface area contributed by atoms with Crippen LogP contribution >= 0.6 is 0 Å². The van der Waals surface area contributed by atoms with E-state index in [1.165, 1.54) is 12.1 Å². The normalized spacial score (nSPS) is 14.0. The average Bonchev–Trinajstić information content (AvgIpc) is 3.77. The molecule has 9 heteroatoms. The van der Waals surface area contributed by atoms with Crippen LogP contribution in [-0.4, -0.2) is 40.4 Å². The number of amides is 2. The van der Waals surface area contributed by atoms with Crippen molar-refractivity contribution in [1.82, 2.24) is 10.6 Å². The number of carbonyl (C=O) groups is 2. The highest BCUT2D eigenvalue weighted by molar-refractivity contribution is 6.74. The minimum atomic E-state index is -1.97. The highest BCUT2D eigenvalue weighted by Gasteiger charge is 2.45. The van der Waals surface area contributed by atoms with Crippen LogP contribution in [0.4, 0.5) is 4.39 Å². The Bertz CT molecular complexity index is 1990. The minimum absolute atomic E-state index is 0.0705. The molecule has 1 heterocycles. The van der Waals surface area contributed by atoms with E-state index in [2.05, 4.69) is 44.5 Å². The van der Waals surface area contributed by atoms with Gasteiger partial charge >= 0.3 is 0 Å². The molecule has 0 aliphatic heterocycles. The molecule has 2 amide bonds. The van der Waals surface area contributed by atoms with Crippen LogP contribution in [0.3, 0.4) is 0 Å². The maximum atomic E-state index is 13.8. The quantitative estimate of drug-likeness (QED) is 0.107. The van der Waals surface area contributed by atoms with Gasteiger partial charge in [-0.2, -0.15) is 0 Å². The zero-order valence-corrected chi connectivity index (χ0v) is 29.9. The van der Waals surface area contributed by atoms with E-state index in [1.807, 2.05) is 54.6 Å². The first kappa shape index (κ1) is 34.1. The molecule has 5 aromatic rings. The summed E-state index contributed by atoms with van der Waals surface area (Å²) in [5, 5.41) is 6.64. The second kappa shape index (κ2) is 13.3. The van der Waals surface area contributed by atoms with E-state index >= 15 is 0 Å². The van der Waals surface area contributed by atoms with Crippen LogP contribution in [0.25, 0.3) is 33.4 Å². The number of ether oxygens (including phenoxy) is 1. The summed E-state index contributed by atoms with van der Waals surface area (Å²) in [5.41, 5.74) is 4.06. The first-order chi connectivity index (χ1) is 23.3. The van der Waals surface area contributed by atoms with Gasteiger partial charge in [-0.1, -0.05) is 57.2 Å². The summed E-state index contributed by atoms with van der Waals surface area (Å²) < 4.78 is 32.6. The molecule has 1 fully saturated rings. The smallest absolute Gasteiger partial charge is 0.255 e. The number of benzene rings is 4. The molecule has 1 aliphatic rings. The van der Waals surface area contributed by atoms with Crippen molar-refractivity contribution in [2.75, 3.05) is 20.3 Å². The number of furan rings is 1. The summed E-state index contributed by atoms with van der Waals surface area (Å²) in [6, 6.07) is 26.9. The predicted octanol–water partition coefficient (Wildman–Crippen LogP) is 9.09. The Morgan fingerprint density at radius 3 is 2.22 bits per heavy atom. The molecule has 0 saturated heterocycles. The molecular weight excluding hydrogens is 636 g/mol. The van der Waals surface area contributed by atoms with Crippen molar-refractivity contribution >= 4 is 31.1 Å². The molecule has 0 bridgehead atoms. The standard InChI is InChI=1S/C40H43FN2O5Si/c1-39(2,3)49(5,6)47-23-22-46-33-18-15-28(37(44)43-40(20-21-40)29-10-8-7-9-11-29)25-31(33)27-14-19-34-32(24-27)35(38(45)42-4)36(48-34)26-12-16-30(41)17-13-26/h7-19,24-25H,20-23H2,1-6H3,(H,42,45)(H,43,44). The molecule has 1 aromatic heterocycles. The molecule has 49 heavy (non-hydrogen) atoms. The Kier molecular flexibility index (Phi) is 9.26. The van der Waals surface area contributed by atoms with Gasteiger partial charge in [-0.25, -0.2) is 4.39 Å². The van der Waals surface area contributed by atoms with E-state index in [0.717, 1.165) is 24.0 Å². The topological polar surface area (TPSA) is 89.8 Å². The number of carbonyl (C=O) groups excluding carboxylic acids is 2. The number of nitrogens with one attached hydrogen (secondary N) is 2. The van der Waals surface area contributed by atoms with Gasteiger partial charge in [0.25, 0.3) is 11.8 Å². The second-order valence-electron chi connectivity index (χ2n) is 14.2. The summed E-state index contributed by atoms with van der Waals surface area (Å²) in [5.74, 6) is 0.0334. The third kappa shape index (κ3) is 7.05. The molecule has 254 valence electrons. The highest BCUT2D eigenvalue weighted by Crippen LogP contribution is 2.46. The molecule has 0 unspecified atom stereocenters. The molecule has 0 spiro atoms. The van der Waals surface area contributed by atoms with Crippen LogP contribution in [0, 0.1) is 5.82 Å². The molecular formula is C40H43FN2O5Si. The summed E-state index contributed by atoms with van der Waals surface area (Å²) in [6.45, 7) is 11.8. The summed E-state index contributed by atoms with van der Waals surface area (Å²) in [6.07, 6.45) is 1.75. The van der Waals surface area contributed by atoms with Crippen molar-refractivity contribution in [3.8, 4) is 28.2 Å². The number of hydrogen-bond donors (Lipinski definition) is 2. The van der Waals surface area contributed by atoms with Crippen LogP contribution < -0.4 is 15.4 Å². The van der Waals surface area contributed by atoms with Gasteiger partial charge in [0, 0.05) is 29.1 Å². The Hall–Kier alpha value is -4.73. The molecule has 4 aromatic carbocycles. The van der Waals surface area contributed by atoms with Gasteiger partial charge < -0.3 is 24.2 Å². The zero-order chi connectivity index (χ0) is 35.0. The van der Waals surface area contributed by atoms with Crippen molar-refractivity contribution in [3.05, 3.63) is 114 Å². The number of fused-ring (bicyclic) bond motifs is 1. The van der Waals surface area contributed by atoms with Gasteiger partial charge in [-0.15, -0.1) is 0 Å². The van der Waals surface area contributed by atoms with Gasteiger partial charge in [0.15, 0.2) is 8.32 Å². The molecule has 2 N–H and O–H groups in total. The molecule has 6 rings (SSSR count). The Morgan fingerprint density at radius 1 is 0.878 bits per heavy atom. The van der Waals surface area contributed by atoms with Crippen molar-refractivity contribution < 1.29 is 27.6 Å². The third-order valence-electron chi connectivity index (χ3n) is 9.84. The van der Waals surface area contributed by atoms with Crippen molar-refractivity contribution in [2.45, 2.75) is 57.3 Å². The molecule has 0 atom stereocenters. The van der Waals surface area contributed by atoms with Crippen LogP contribution in [0.15, 0.2) is 95.4 Å². The van der Waals surface area contributed by atoms with Crippen LogP contribution in [0.2, 0.25) is 18.1 Å². The Morgan fingerprint density at radius 2 is 1.57 bits per heavy atom. The number of rotatable bonds is 11. The minimum Gasteiger partial charge on any atom is -0.491 e. The van der Waals surface area contributed by atoms with Crippen molar-refractivity contribution in [1.29, 1.82) is 0 Å². The maximum absolute atomic E-state index is 13.8. The van der Waals surface area contributed by atoms with Gasteiger partial charge in [-0.05, 0) is 96.7 Å². The summed E-state index contributed by atoms with van der Waals surface area (Å²) >= 11 is 0. The fraction of sp³-hybridized carbons (Fsp3) is 0.300. The second-order valence-corrected chi connectivity index (χ2v) is 19.0. The van der Waals surface area contributed by atoms with Crippen molar-refractivity contribution in [2.24, 2.45) is 0 Å². The van der Waals surface area contributed by atoms with E-state index in [-0.39, 0.29) is 28.2 Å². The van der Waals surface area contributed by atoms with E-state index in [4.69, 9.17) is 13.6 Å². The van der Waals surface area contributed by atoms with Crippen LogP contribution in [-0.2, 0) is 9.96 Å². The van der Waals surface area contributed by atoms with E-state index in [1.54, 1.807) is 31.3 Å². The number of halogens is 1. The first-order valence-electron chi connectivity index (χ1n) is 16.7. The summed E-state index contributed by atoms with van der Waals surface area (Å²) in [7, 11) is -0.415. The lowest BCUT2D eigenvalue weighted by atomic mass is 9.97. The van der Waals surface area contributed by atoms with Crippen LogP contribution in [0.1, 0.15) is 59.9 Å². The molecule has 0 radical (unpaired) electrons. The third-order valence-corrected chi connectivity index (χ3v) is 14.4. The lowest BCUT2D eigenvalue weighted by molar-refractivity contribution is 0.0928.